The largest absolute Gasteiger partial charge is 0.364 e. The van der Waals surface area contributed by atoms with Gasteiger partial charge in [-0.15, -0.1) is 0 Å². The number of benzene rings is 2. The third kappa shape index (κ3) is 5.88. The van der Waals surface area contributed by atoms with E-state index in [4.69, 9.17) is 4.52 Å². The van der Waals surface area contributed by atoms with Crippen LogP contribution in [-0.4, -0.2) is 46.6 Å². The van der Waals surface area contributed by atoms with Gasteiger partial charge in [0.1, 0.15) is 12.1 Å². The molecule has 1 saturated heterocycles. The molecule has 0 spiro atoms. The van der Waals surface area contributed by atoms with Gasteiger partial charge in [-0.05, 0) is 106 Å². The Morgan fingerprint density at radius 1 is 1.00 bits per heavy atom. The number of piperidine rings is 1. The van der Waals surface area contributed by atoms with E-state index in [1.807, 2.05) is 36.4 Å². The minimum absolute atomic E-state index is 0.00703. The maximum atomic E-state index is 13.7. The summed E-state index contributed by atoms with van der Waals surface area (Å²) in [7, 11) is 0. The molecule has 39 heavy (non-hydrogen) atoms. The van der Waals surface area contributed by atoms with Crippen LogP contribution in [0.3, 0.4) is 0 Å². The van der Waals surface area contributed by atoms with E-state index in [0.717, 1.165) is 85.9 Å². The average molecular weight is 527 g/mol. The van der Waals surface area contributed by atoms with Gasteiger partial charge in [-0.2, -0.15) is 0 Å². The highest BCUT2D eigenvalue weighted by atomic mass is 19.1. The van der Waals surface area contributed by atoms with Crippen molar-refractivity contribution in [2.45, 2.75) is 56.9 Å². The van der Waals surface area contributed by atoms with Crippen molar-refractivity contribution in [1.82, 2.24) is 20.4 Å². The lowest BCUT2D eigenvalue weighted by molar-refractivity contribution is 0.0921. The first-order valence-corrected chi connectivity index (χ1v) is 14.2. The van der Waals surface area contributed by atoms with Crippen LogP contribution in [0.15, 0.2) is 71.6 Å². The molecule has 2 aliphatic rings. The van der Waals surface area contributed by atoms with E-state index in [0.29, 0.717) is 17.4 Å². The molecule has 3 heterocycles. The van der Waals surface area contributed by atoms with Crippen LogP contribution < -0.4 is 5.32 Å². The Balaban J connectivity index is 0.947. The minimum atomic E-state index is -0.242. The first kappa shape index (κ1) is 25.7. The van der Waals surface area contributed by atoms with Gasteiger partial charge in [-0.3, -0.25) is 9.78 Å². The molecule has 1 N–H and O–H groups in total. The quantitative estimate of drug-likeness (QED) is 0.294. The molecular formula is C32H35FN4O2. The highest BCUT2D eigenvalue weighted by Crippen LogP contribution is 2.35. The maximum Gasteiger partial charge on any atom is 0.252 e. The molecule has 0 unspecified atom stereocenters. The number of nitrogens with one attached hydrogen (secondary N) is 1. The summed E-state index contributed by atoms with van der Waals surface area (Å²) in [5.74, 6) is 0.823. The summed E-state index contributed by atoms with van der Waals surface area (Å²) in [6.45, 7) is 3.21. The van der Waals surface area contributed by atoms with E-state index in [9.17, 15) is 9.18 Å². The van der Waals surface area contributed by atoms with Gasteiger partial charge in [0.05, 0.1) is 11.2 Å². The molecule has 2 aromatic heterocycles. The topological polar surface area (TPSA) is 71.3 Å². The molecule has 202 valence electrons. The van der Waals surface area contributed by atoms with Crippen LogP contribution in [0.4, 0.5) is 4.39 Å². The van der Waals surface area contributed by atoms with Crippen LogP contribution in [-0.2, 0) is 0 Å². The molecule has 6 nitrogen and oxygen atoms in total. The Bertz CT molecular complexity index is 1420. The van der Waals surface area contributed by atoms with Crippen molar-refractivity contribution < 1.29 is 13.7 Å². The highest BCUT2D eigenvalue weighted by Gasteiger charge is 2.28. The molecular weight excluding hydrogens is 491 g/mol. The lowest BCUT2D eigenvalue weighted by Crippen LogP contribution is -2.38. The molecule has 0 bridgehead atoms. The van der Waals surface area contributed by atoms with E-state index >= 15 is 0 Å². The predicted octanol–water partition coefficient (Wildman–Crippen LogP) is 6.59. The summed E-state index contributed by atoms with van der Waals surface area (Å²) in [5, 5.41) is 8.49. The second-order valence-electron chi connectivity index (χ2n) is 11.1. The van der Waals surface area contributed by atoms with Gasteiger partial charge < -0.3 is 14.7 Å². The van der Waals surface area contributed by atoms with Crippen molar-refractivity contribution in [3.8, 4) is 11.1 Å². The number of pyridine rings is 1. The third-order valence-electron chi connectivity index (χ3n) is 8.63. The van der Waals surface area contributed by atoms with Crippen molar-refractivity contribution in [3.63, 3.8) is 0 Å². The summed E-state index contributed by atoms with van der Waals surface area (Å²) in [5.41, 5.74) is 4.26. The van der Waals surface area contributed by atoms with Gasteiger partial charge in [0.15, 0.2) is 0 Å². The van der Waals surface area contributed by atoms with Crippen molar-refractivity contribution in [2.75, 3.05) is 19.6 Å². The summed E-state index contributed by atoms with van der Waals surface area (Å²) in [4.78, 5) is 19.9. The van der Waals surface area contributed by atoms with E-state index in [-0.39, 0.29) is 17.8 Å². The summed E-state index contributed by atoms with van der Waals surface area (Å²) in [6, 6.07) is 16.5. The van der Waals surface area contributed by atoms with Gasteiger partial charge in [0.25, 0.3) is 5.91 Å². The molecule has 2 aromatic carbocycles. The number of hydrogen-bond acceptors (Lipinski definition) is 5. The van der Waals surface area contributed by atoms with Gasteiger partial charge >= 0.3 is 0 Å². The second-order valence-corrected chi connectivity index (χ2v) is 11.1. The first-order valence-electron chi connectivity index (χ1n) is 14.2. The van der Waals surface area contributed by atoms with Crippen LogP contribution in [0.25, 0.3) is 22.0 Å². The SMILES string of the molecule is O=C(NC1CCC(CCN2CCC(c3nocc3-c3cccc(F)c3)CC2)CC1)c1cccc2ncccc12. The average Bonchev–Trinajstić information content (AvgIpc) is 3.47. The number of nitrogens with zero attached hydrogens (tertiary/aromatic N) is 3. The number of rotatable bonds is 7. The third-order valence-corrected chi connectivity index (χ3v) is 8.63. The van der Waals surface area contributed by atoms with Crippen molar-refractivity contribution in [3.05, 3.63) is 84.1 Å². The van der Waals surface area contributed by atoms with Gasteiger partial charge in [0.2, 0.25) is 0 Å². The lowest BCUT2D eigenvalue weighted by Gasteiger charge is -2.34. The van der Waals surface area contributed by atoms with E-state index in [2.05, 4.69) is 20.4 Å². The van der Waals surface area contributed by atoms with E-state index in [1.165, 1.54) is 12.5 Å². The summed E-state index contributed by atoms with van der Waals surface area (Å²) >= 11 is 0. The van der Waals surface area contributed by atoms with Crippen LogP contribution >= 0.6 is 0 Å². The Kier molecular flexibility index (Phi) is 7.68. The molecule has 0 radical (unpaired) electrons. The van der Waals surface area contributed by atoms with Crippen LogP contribution in [0, 0.1) is 11.7 Å². The van der Waals surface area contributed by atoms with Crippen molar-refractivity contribution in [1.29, 1.82) is 0 Å². The van der Waals surface area contributed by atoms with E-state index < -0.39 is 0 Å². The fourth-order valence-electron chi connectivity index (χ4n) is 6.37. The molecule has 1 aliphatic heterocycles. The molecule has 1 saturated carbocycles. The second kappa shape index (κ2) is 11.7. The van der Waals surface area contributed by atoms with Crippen molar-refractivity contribution >= 4 is 16.8 Å². The monoisotopic (exact) mass is 526 g/mol. The lowest BCUT2D eigenvalue weighted by atomic mass is 9.83. The van der Waals surface area contributed by atoms with Crippen LogP contribution in [0.2, 0.25) is 0 Å². The van der Waals surface area contributed by atoms with Gasteiger partial charge in [-0.25, -0.2) is 4.39 Å². The Labute approximate surface area is 228 Å². The number of halogens is 1. The number of likely N-dealkylation sites (tertiary alicyclic amines) is 1. The van der Waals surface area contributed by atoms with Crippen molar-refractivity contribution in [2.24, 2.45) is 5.92 Å². The molecule has 6 rings (SSSR count). The normalized spacial score (nSPS) is 20.7. The number of amides is 1. The number of carbonyl (C=O) groups excluding carboxylic acids is 1. The molecule has 4 aromatic rings. The molecule has 7 heteroatoms. The van der Waals surface area contributed by atoms with Gasteiger partial charge in [0, 0.05) is 34.7 Å². The van der Waals surface area contributed by atoms with Crippen LogP contribution in [0.1, 0.15) is 66.9 Å². The summed E-state index contributed by atoms with van der Waals surface area (Å²) < 4.78 is 19.1. The molecule has 1 aliphatic carbocycles. The number of fused-ring (bicyclic) bond motifs is 1. The minimum Gasteiger partial charge on any atom is -0.364 e. The molecule has 2 fully saturated rings. The fraction of sp³-hybridized carbons (Fsp3) is 0.406. The molecule has 1 amide bonds. The Morgan fingerprint density at radius 2 is 1.82 bits per heavy atom. The van der Waals surface area contributed by atoms with Gasteiger partial charge in [-0.1, -0.05) is 29.4 Å². The molecule has 0 atom stereocenters. The predicted molar refractivity (Wildman–Crippen MR) is 150 cm³/mol. The zero-order valence-electron chi connectivity index (χ0n) is 22.2. The fourth-order valence-corrected chi connectivity index (χ4v) is 6.37. The highest BCUT2D eigenvalue weighted by molar-refractivity contribution is 6.06. The number of hydrogen-bond donors (Lipinski definition) is 1. The Hall–Kier alpha value is -3.58. The smallest absolute Gasteiger partial charge is 0.252 e. The standard InChI is InChI=1S/C32H35FN4O2/c33-25-5-1-4-24(20-25)29-21-39-36-31(29)23-14-18-37(19-15-23)17-13-22-9-11-26(12-10-22)35-32(38)28-6-2-8-30-27(28)7-3-16-34-30/h1-8,16,20-23,26H,9-15,17-19H2,(H,35,38). The maximum absolute atomic E-state index is 13.7. The number of aromatic nitrogens is 2. The van der Waals surface area contributed by atoms with E-state index in [1.54, 1.807) is 24.6 Å². The zero-order valence-corrected chi connectivity index (χ0v) is 22.2. The number of carbonyl (C=O) groups is 1. The van der Waals surface area contributed by atoms with Crippen LogP contribution in [0.5, 0.6) is 0 Å². The Morgan fingerprint density at radius 3 is 2.64 bits per heavy atom. The first-order chi connectivity index (χ1) is 19.1. The summed E-state index contributed by atoms with van der Waals surface area (Å²) in [6.07, 6.45) is 11.1. The zero-order chi connectivity index (χ0) is 26.6.